The van der Waals surface area contributed by atoms with E-state index in [9.17, 15) is 4.79 Å². The molecule has 3 rings (SSSR count). The van der Waals surface area contributed by atoms with Crippen molar-refractivity contribution in [2.24, 2.45) is 5.92 Å². The Hall–Kier alpha value is -1.94. The Bertz CT molecular complexity index is 610. The molecule has 4 nitrogen and oxygen atoms in total. The first-order valence-electron chi connectivity index (χ1n) is 7.56. The minimum absolute atomic E-state index is 0.168. The molecule has 0 aliphatic heterocycles. The minimum Gasteiger partial charge on any atom is -0.469 e. The first kappa shape index (κ1) is 15.0. The summed E-state index contributed by atoms with van der Waals surface area (Å²) in [6.07, 6.45) is 5.84. The van der Waals surface area contributed by atoms with Gasteiger partial charge in [-0.25, -0.2) is 4.79 Å². The van der Waals surface area contributed by atoms with E-state index < -0.39 is 0 Å². The number of urea groups is 1. The number of benzene rings is 1. The van der Waals surface area contributed by atoms with Gasteiger partial charge in [-0.3, -0.25) is 0 Å². The summed E-state index contributed by atoms with van der Waals surface area (Å²) < 4.78 is 5.41. The van der Waals surface area contributed by atoms with Gasteiger partial charge in [-0.1, -0.05) is 18.0 Å². The Labute approximate surface area is 134 Å². The second kappa shape index (κ2) is 6.88. The molecule has 1 heterocycles. The van der Waals surface area contributed by atoms with Crippen LogP contribution in [-0.4, -0.2) is 12.1 Å². The highest BCUT2D eigenvalue weighted by molar-refractivity contribution is 6.30. The molecule has 2 amide bonds. The van der Waals surface area contributed by atoms with Gasteiger partial charge in [0.2, 0.25) is 0 Å². The van der Waals surface area contributed by atoms with Crippen LogP contribution in [0.5, 0.6) is 0 Å². The van der Waals surface area contributed by atoms with Crippen LogP contribution in [0.1, 0.15) is 25.0 Å². The quantitative estimate of drug-likeness (QED) is 0.874. The molecule has 1 fully saturated rings. The molecule has 1 saturated carbocycles. The summed E-state index contributed by atoms with van der Waals surface area (Å²) >= 11 is 5.84. The van der Waals surface area contributed by atoms with Gasteiger partial charge in [-0.2, -0.15) is 0 Å². The number of halogens is 1. The van der Waals surface area contributed by atoms with Crippen molar-refractivity contribution in [1.82, 2.24) is 5.32 Å². The summed E-state index contributed by atoms with van der Waals surface area (Å²) in [5.74, 6) is 1.42. The third-order valence-electron chi connectivity index (χ3n) is 4.12. The van der Waals surface area contributed by atoms with E-state index in [1.54, 1.807) is 30.5 Å². The summed E-state index contributed by atoms with van der Waals surface area (Å²) in [4.78, 5) is 12.1. The average Bonchev–Trinajstić information content (AvgIpc) is 3.15. The van der Waals surface area contributed by atoms with Crippen molar-refractivity contribution in [2.75, 3.05) is 5.32 Å². The first-order chi connectivity index (χ1) is 10.7. The fraction of sp³-hybridized carbons (Fsp3) is 0.353. The molecular weight excluding hydrogens is 300 g/mol. The Morgan fingerprint density at radius 1 is 1.23 bits per heavy atom. The van der Waals surface area contributed by atoms with Crippen molar-refractivity contribution in [3.8, 4) is 0 Å². The van der Waals surface area contributed by atoms with Gasteiger partial charge < -0.3 is 15.1 Å². The number of amides is 2. The molecule has 5 heteroatoms. The zero-order valence-electron chi connectivity index (χ0n) is 12.2. The number of anilines is 1. The Kier molecular flexibility index (Phi) is 4.68. The molecule has 1 aromatic heterocycles. The molecule has 2 aromatic rings. The summed E-state index contributed by atoms with van der Waals surface area (Å²) in [5, 5.41) is 6.58. The Morgan fingerprint density at radius 2 is 2.05 bits per heavy atom. The van der Waals surface area contributed by atoms with Crippen LogP contribution in [0, 0.1) is 5.92 Å². The number of hydrogen-bond acceptors (Lipinski definition) is 2. The van der Waals surface area contributed by atoms with E-state index in [1.165, 1.54) is 0 Å². The maximum absolute atomic E-state index is 12.1. The van der Waals surface area contributed by atoms with Gasteiger partial charge in [0, 0.05) is 23.2 Å². The van der Waals surface area contributed by atoms with Crippen LogP contribution in [0.2, 0.25) is 5.02 Å². The average molecular weight is 319 g/mol. The summed E-state index contributed by atoms with van der Waals surface area (Å²) in [5.41, 5.74) is 0.738. The maximum Gasteiger partial charge on any atom is 0.319 e. The number of rotatable bonds is 4. The molecule has 1 aliphatic carbocycles. The number of nitrogens with one attached hydrogen (secondary N) is 2. The van der Waals surface area contributed by atoms with E-state index in [4.69, 9.17) is 16.0 Å². The predicted molar refractivity (Wildman–Crippen MR) is 87.1 cm³/mol. The molecule has 0 bridgehead atoms. The van der Waals surface area contributed by atoms with Crippen LogP contribution >= 0.6 is 11.6 Å². The van der Waals surface area contributed by atoms with Gasteiger partial charge in [0.1, 0.15) is 5.76 Å². The fourth-order valence-corrected chi connectivity index (χ4v) is 3.15. The number of carbonyl (C=O) groups is 1. The maximum atomic E-state index is 12.1. The molecule has 116 valence electrons. The van der Waals surface area contributed by atoms with E-state index in [0.29, 0.717) is 10.9 Å². The molecule has 0 spiro atoms. The van der Waals surface area contributed by atoms with Crippen LogP contribution in [0.15, 0.2) is 47.1 Å². The zero-order valence-corrected chi connectivity index (χ0v) is 13.0. The number of furan rings is 1. The van der Waals surface area contributed by atoms with Gasteiger partial charge in [0.25, 0.3) is 0 Å². The van der Waals surface area contributed by atoms with E-state index in [1.807, 2.05) is 12.1 Å². The van der Waals surface area contributed by atoms with Crippen LogP contribution in [0.4, 0.5) is 10.5 Å². The number of carbonyl (C=O) groups excluding carboxylic acids is 1. The number of hydrogen-bond donors (Lipinski definition) is 2. The lowest BCUT2D eigenvalue weighted by Crippen LogP contribution is -2.40. The van der Waals surface area contributed by atoms with Crippen molar-refractivity contribution in [3.63, 3.8) is 0 Å². The smallest absolute Gasteiger partial charge is 0.319 e. The van der Waals surface area contributed by atoms with Crippen molar-refractivity contribution in [3.05, 3.63) is 53.4 Å². The molecule has 0 unspecified atom stereocenters. The van der Waals surface area contributed by atoms with E-state index in [-0.39, 0.29) is 12.1 Å². The highest BCUT2D eigenvalue weighted by atomic mass is 35.5. The van der Waals surface area contributed by atoms with Crippen molar-refractivity contribution in [2.45, 2.75) is 31.7 Å². The third-order valence-corrected chi connectivity index (χ3v) is 4.37. The van der Waals surface area contributed by atoms with E-state index in [0.717, 1.165) is 37.1 Å². The molecule has 22 heavy (non-hydrogen) atoms. The minimum atomic E-state index is -0.168. The molecule has 2 atom stereocenters. The SMILES string of the molecule is O=C(Nc1ccc(Cl)cc1)N[C@H]1CCC[C@H]1Cc1ccco1. The van der Waals surface area contributed by atoms with Crippen molar-refractivity contribution in [1.29, 1.82) is 0 Å². The van der Waals surface area contributed by atoms with Crippen LogP contribution in [0.3, 0.4) is 0 Å². The van der Waals surface area contributed by atoms with Gasteiger partial charge >= 0.3 is 6.03 Å². The van der Waals surface area contributed by atoms with Crippen molar-refractivity contribution >= 4 is 23.3 Å². The highest BCUT2D eigenvalue weighted by Crippen LogP contribution is 2.29. The molecule has 1 aromatic carbocycles. The molecule has 2 N–H and O–H groups in total. The summed E-state index contributed by atoms with van der Waals surface area (Å²) in [7, 11) is 0. The standard InChI is InChI=1S/C17H19ClN2O2/c18-13-6-8-14(9-7-13)19-17(21)20-16-5-1-3-12(16)11-15-4-2-10-22-15/h2,4,6-10,12,16H,1,3,5,11H2,(H2,19,20,21)/t12-,16-/m0/s1. The highest BCUT2D eigenvalue weighted by Gasteiger charge is 2.29. The van der Waals surface area contributed by atoms with Crippen molar-refractivity contribution < 1.29 is 9.21 Å². The fourth-order valence-electron chi connectivity index (χ4n) is 3.03. The monoisotopic (exact) mass is 318 g/mol. The van der Waals surface area contributed by atoms with Gasteiger partial charge in [0.05, 0.1) is 6.26 Å². The summed E-state index contributed by atoms with van der Waals surface area (Å²) in [6.45, 7) is 0. The van der Waals surface area contributed by atoms with Crippen LogP contribution in [0.25, 0.3) is 0 Å². The van der Waals surface area contributed by atoms with Crippen LogP contribution in [-0.2, 0) is 6.42 Å². The molecule has 0 radical (unpaired) electrons. The summed E-state index contributed by atoms with van der Waals surface area (Å²) in [6, 6.07) is 11.0. The first-order valence-corrected chi connectivity index (χ1v) is 7.94. The topological polar surface area (TPSA) is 54.3 Å². The normalized spacial score (nSPS) is 20.8. The second-order valence-electron chi connectivity index (χ2n) is 5.69. The predicted octanol–water partition coefficient (Wildman–Crippen LogP) is 4.47. The molecule has 1 aliphatic rings. The van der Waals surface area contributed by atoms with E-state index in [2.05, 4.69) is 10.6 Å². The Balaban J connectivity index is 1.54. The van der Waals surface area contributed by atoms with Crippen LogP contribution < -0.4 is 10.6 Å². The zero-order chi connectivity index (χ0) is 15.4. The lowest BCUT2D eigenvalue weighted by molar-refractivity contribution is 0.244. The lowest BCUT2D eigenvalue weighted by Gasteiger charge is -2.20. The van der Waals surface area contributed by atoms with E-state index >= 15 is 0 Å². The van der Waals surface area contributed by atoms with Gasteiger partial charge in [0.15, 0.2) is 0 Å². The molecule has 0 saturated heterocycles. The van der Waals surface area contributed by atoms with Gasteiger partial charge in [-0.15, -0.1) is 0 Å². The Morgan fingerprint density at radius 3 is 2.77 bits per heavy atom. The third kappa shape index (κ3) is 3.83. The largest absolute Gasteiger partial charge is 0.469 e. The van der Waals surface area contributed by atoms with Gasteiger partial charge in [-0.05, 0) is 55.2 Å². The molecular formula is C17H19ClN2O2. The lowest BCUT2D eigenvalue weighted by atomic mass is 9.98. The second-order valence-corrected chi connectivity index (χ2v) is 6.12.